The van der Waals surface area contributed by atoms with Crippen LogP contribution in [0.4, 0.5) is 10.1 Å². The van der Waals surface area contributed by atoms with Crippen LogP contribution in [0.2, 0.25) is 0 Å². The van der Waals surface area contributed by atoms with Crippen molar-refractivity contribution >= 4 is 22.6 Å². The Kier molecular flexibility index (Phi) is 3.66. The van der Waals surface area contributed by atoms with Gasteiger partial charge in [0.1, 0.15) is 11.4 Å². The Bertz CT molecular complexity index is 1040. The van der Waals surface area contributed by atoms with Crippen molar-refractivity contribution in [2.45, 2.75) is 50.7 Å². The number of aromatic nitrogens is 1. The summed E-state index contributed by atoms with van der Waals surface area (Å²) in [5, 5.41) is 13.1. The summed E-state index contributed by atoms with van der Waals surface area (Å²) in [4.78, 5) is 26.4. The topological polar surface area (TPSA) is 74.6 Å². The number of hydrogen-bond acceptors (Lipinski definition) is 4. The molecule has 7 heteroatoms. The van der Waals surface area contributed by atoms with Crippen LogP contribution in [0.15, 0.2) is 23.1 Å². The SMILES string of the molecule is CC1CN(c2cc3c(cc2F)c(=O)c(C(=O)O)cn3C23CC(C2)C3)CC(C)N1. The molecule has 3 saturated carbocycles. The number of pyridine rings is 1. The summed E-state index contributed by atoms with van der Waals surface area (Å²) in [5.74, 6) is -1.04. The van der Waals surface area contributed by atoms with Crippen LogP contribution in [-0.4, -0.2) is 40.8 Å². The maximum absolute atomic E-state index is 15.0. The molecule has 2 atom stereocenters. The molecule has 2 unspecified atom stereocenters. The van der Waals surface area contributed by atoms with Crippen molar-refractivity contribution in [3.8, 4) is 0 Å². The maximum Gasteiger partial charge on any atom is 0.341 e. The standard InChI is InChI=1S/C21H24FN3O3/c1-11-8-24(9-12(2)23-11)18-4-17-14(3-16(18)22)19(26)15(20(27)28)10-25(17)21-5-13(6-21)7-21/h3-4,10-13,23H,5-9H2,1-2H3,(H,27,28). The molecular weight excluding hydrogens is 361 g/mol. The number of halogens is 1. The van der Waals surface area contributed by atoms with Crippen LogP contribution in [0.5, 0.6) is 0 Å². The predicted molar refractivity (Wildman–Crippen MR) is 105 cm³/mol. The Balaban J connectivity index is 1.72. The molecule has 1 saturated heterocycles. The summed E-state index contributed by atoms with van der Waals surface area (Å²) in [6, 6.07) is 3.45. The number of carboxylic acids is 1. The number of piperazine rings is 1. The Morgan fingerprint density at radius 2 is 1.86 bits per heavy atom. The Hall–Kier alpha value is -2.41. The molecule has 2 bridgehead atoms. The van der Waals surface area contributed by atoms with Gasteiger partial charge in [0.05, 0.1) is 11.2 Å². The molecule has 3 aliphatic carbocycles. The lowest BCUT2D eigenvalue weighted by atomic mass is 9.49. The summed E-state index contributed by atoms with van der Waals surface area (Å²) >= 11 is 0. The van der Waals surface area contributed by atoms with Crippen LogP contribution in [0.25, 0.3) is 10.9 Å². The third kappa shape index (κ3) is 2.42. The molecule has 2 heterocycles. The summed E-state index contributed by atoms with van der Waals surface area (Å²) in [6.07, 6.45) is 4.47. The molecule has 2 aromatic rings. The highest BCUT2D eigenvalue weighted by Gasteiger charge is 2.58. The number of rotatable bonds is 3. The molecule has 28 heavy (non-hydrogen) atoms. The lowest BCUT2D eigenvalue weighted by Gasteiger charge is -2.63. The molecule has 4 fully saturated rings. The third-order valence-corrected chi connectivity index (χ3v) is 6.72. The molecule has 2 N–H and O–H groups in total. The molecule has 0 radical (unpaired) electrons. The van der Waals surface area contributed by atoms with Crippen LogP contribution in [0.3, 0.4) is 0 Å². The first-order valence-electron chi connectivity index (χ1n) is 9.91. The van der Waals surface area contributed by atoms with E-state index in [1.807, 2.05) is 9.47 Å². The number of aromatic carboxylic acids is 1. The van der Waals surface area contributed by atoms with Gasteiger partial charge in [0.15, 0.2) is 0 Å². The van der Waals surface area contributed by atoms with Gasteiger partial charge in [-0.05, 0) is 51.2 Å². The summed E-state index contributed by atoms with van der Waals surface area (Å²) in [5.41, 5.74) is 0.116. The van der Waals surface area contributed by atoms with Crippen molar-refractivity contribution in [3.63, 3.8) is 0 Å². The number of benzene rings is 1. The normalized spacial score (nSPS) is 31.4. The van der Waals surface area contributed by atoms with Crippen LogP contribution in [0, 0.1) is 11.7 Å². The summed E-state index contributed by atoms with van der Waals surface area (Å²) in [6.45, 7) is 5.49. The number of carboxylic acid groups (broad SMARTS) is 1. The predicted octanol–water partition coefficient (Wildman–Crippen LogP) is 2.53. The Morgan fingerprint density at radius 1 is 1.21 bits per heavy atom. The summed E-state index contributed by atoms with van der Waals surface area (Å²) < 4.78 is 17.0. The van der Waals surface area contributed by atoms with Crippen LogP contribution in [-0.2, 0) is 5.54 Å². The molecule has 0 amide bonds. The molecule has 1 aromatic heterocycles. The van der Waals surface area contributed by atoms with Crippen LogP contribution >= 0.6 is 0 Å². The van der Waals surface area contributed by atoms with Crippen molar-refractivity contribution < 1.29 is 14.3 Å². The van der Waals surface area contributed by atoms with E-state index in [4.69, 9.17) is 0 Å². The van der Waals surface area contributed by atoms with Gasteiger partial charge in [-0.1, -0.05) is 0 Å². The van der Waals surface area contributed by atoms with E-state index in [1.54, 1.807) is 6.07 Å². The molecular formula is C21H24FN3O3. The second-order valence-electron chi connectivity index (χ2n) is 8.94. The van der Waals surface area contributed by atoms with Crippen molar-refractivity contribution in [2.24, 2.45) is 5.92 Å². The van der Waals surface area contributed by atoms with E-state index in [2.05, 4.69) is 19.2 Å². The third-order valence-electron chi connectivity index (χ3n) is 6.72. The van der Waals surface area contributed by atoms with Gasteiger partial charge >= 0.3 is 5.97 Å². The molecule has 6 nitrogen and oxygen atoms in total. The fraction of sp³-hybridized carbons (Fsp3) is 0.524. The fourth-order valence-electron chi connectivity index (χ4n) is 5.37. The number of carbonyl (C=O) groups is 1. The highest BCUT2D eigenvalue weighted by molar-refractivity contribution is 5.93. The number of hydrogen-bond donors (Lipinski definition) is 2. The van der Waals surface area contributed by atoms with Gasteiger partial charge in [0.2, 0.25) is 5.43 Å². The zero-order valence-corrected chi connectivity index (χ0v) is 16.0. The second-order valence-corrected chi connectivity index (χ2v) is 8.94. The van der Waals surface area contributed by atoms with Crippen molar-refractivity contribution in [1.29, 1.82) is 0 Å². The Labute approximate surface area is 161 Å². The monoisotopic (exact) mass is 385 g/mol. The lowest BCUT2D eigenvalue weighted by Crippen LogP contribution is -2.59. The van der Waals surface area contributed by atoms with E-state index < -0.39 is 17.2 Å². The van der Waals surface area contributed by atoms with Gasteiger partial charge in [-0.25, -0.2) is 9.18 Å². The fourth-order valence-corrected chi connectivity index (χ4v) is 5.37. The quantitative estimate of drug-likeness (QED) is 0.849. The van der Waals surface area contributed by atoms with Gasteiger partial charge in [-0.3, -0.25) is 4.79 Å². The second kappa shape index (κ2) is 5.80. The first-order valence-corrected chi connectivity index (χ1v) is 9.91. The minimum Gasteiger partial charge on any atom is -0.477 e. The largest absolute Gasteiger partial charge is 0.477 e. The molecule has 1 aromatic carbocycles. The average Bonchev–Trinajstić information content (AvgIpc) is 2.53. The number of nitrogens with zero attached hydrogens (tertiary/aromatic N) is 2. The first kappa shape index (κ1) is 17.7. The number of nitrogens with one attached hydrogen (secondary N) is 1. The zero-order chi connectivity index (χ0) is 19.8. The lowest BCUT2D eigenvalue weighted by molar-refractivity contribution is -0.0860. The van der Waals surface area contributed by atoms with Gasteiger partial charge in [0.25, 0.3) is 0 Å². The minimum absolute atomic E-state index is 0.111. The van der Waals surface area contributed by atoms with Gasteiger partial charge < -0.3 is 19.9 Å². The van der Waals surface area contributed by atoms with Crippen molar-refractivity contribution in [2.75, 3.05) is 18.0 Å². The Morgan fingerprint density at radius 3 is 2.39 bits per heavy atom. The molecule has 6 rings (SSSR count). The maximum atomic E-state index is 15.0. The first-order chi connectivity index (χ1) is 13.3. The van der Waals surface area contributed by atoms with E-state index in [-0.39, 0.29) is 28.6 Å². The average molecular weight is 385 g/mol. The highest BCUT2D eigenvalue weighted by Crippen LogP contribution is 2.62. The van der Waals surface area contributed by atoms with Crippen LogP contribution in [0.1, 0.15) is 43.5 Å². The van der Waals surface area contributed by atoms with Crippen LogP contribution < -0.4 is 15.6 Å². The molecule has 1 aliphatic heterocycles. The number of fused-ring (bicyclic) bond motifs is 1. The smallest absolute Gasteiger partial charge is 0.341 e. The molecule has 148 valence electrons. The van der Waals surface area contributed by atoms with Gasteiger partial charge in [0, 0.05) is 42.3 Å². The van der Waals surface area contributed by atoms with E-state index in [0.717, 1.165) is 19.3 Å². The summed E-state index contributed by atoms with van der Waals surface area (Å²) in [7, 11) is 0. The number of anilines is 1. The van der Waals surface area contributed by atoms with Gasteiger partial charge in [-0.2, -0.15) is 0 Å². The van der Waals surface area contributed by atoms with Crippen molar-refractivity contribution in [1.82, 2.24) is 9.88 Å². The van der Waals surface area contributed by atoms with E-state index in [1.165, 1.54) is 12.3 Å². The van der Waals surface area contributed by atoms with Gasteiger partial charge in [-0.15, -0.1) is 0 Å². The minimum atomic E-state index is -1.26. The molecule has 0 spiro atoms. The highest BCUT2D eigenvalue weighted by atomic mass is 19.1. The van der Waals surface area contributed by atoms with E-state index in [9.17, 15) is 14.7 Å². The molecule has 4 aliphatic rings. The van der Waals surface area contributed by atoms with E-state index in [0.29, 0.717) is 30.2 Å². The van der Waals surface area contributed by atoms with E-state index >= 15 is 4.39 Å². The van der Waals surface area contributed by atoms with Crippen molar-refractivity contribution in [3.05, 3.63) is 39.9 Å². The zero-order valence-electron chi connectivity index (χ0n) is 16.0.